The number of thiophene rings is 1. The molecule has 2 aliphatic carbocycles. The van der Waals surface area contributed by atoms with E-state index in [1.165, 1.54) is 11.3 Å². The average molecular weight is 356 g/mol. The number of amides is 2. The van der Waals surface area contributed by atoms with Crippen LogP contribution in [0.4, 0.5) is 11.4 Å². The molecule has 5 rings (SSSR count). The number of carbonyl (C=O) groups excluding carboxylic acids is 2. The number of hydrogen-bond donors (Lipinski definition) is 2. The lowest BCUT2D eigenvalue weighted by atomic mass is 10.1. The van der Waals surface area contributed by atoms with E-state index in [2.05, 4.69) is 10.6 Å². The van der Waals surface area contributed by atoms with Crippen LogP contribution in [0.25, 0.3) is 0 Å². The van der Waals surface area contributed by atoms with Gasteiger partial charge in [0.15, 0.2) is 11.5 Å². The Bertz CT molecular complexity index is 871. The van der Waals surface area contributed by atoms with Crippen LogP contribution in [0.1, 0.15) is 22.5 Å². The monoisotopic (exact) mass is 356 g/mol. The van der Waals surface area contributed by atoms with Gasteiger partial charge in [0.1, 0.15) is 13.2 Å². The quantitative estimate of drug-likeness (QED) is 0.882. The van der Waals surface area contributed by atoms with Crippen molar-refractivity contribution in [2.24, 2.45) is 11.3 Å². The molecule has 2 fully saturated rings. The lowest BCUT2D eigenvalue weighted by Crippen LogP contribution is -2.21. The first kappa shape index (κ1) is 14.8. The zero-order valence-corrected chi connectivity index (χ0v) is 14.2. The van der Waals surface area contributed by atoms with Crippen molar-refractivity contribution < 1.29 is 19.1 Å². The van der Waals surface area contributed by atoms with Gasteiger partial charge in [0.25, 0.3) is 5.91 Å². The van der Waals surface area contributed by atoms with Crippen LogP contribution in [-0.2, 0) is 4.79 Å². The lowest BCUT2D eigenvalue weighted by molar-refractivity contribution is -0.119. The summed E-state index contributed by atoms with van der Waals surface area (Å²) in [6.45, 7) is 0.926. The summed E-state index contributed by atoms with van der Waals surface area (Å²) >= 11 is 1.36. The van der Waals surface area contributed by atoms with E-state index in [4.69, 9.17) is 9.47 Å². The maximum atomic E-state index is 12.5. The first-order valence-electron chi connectivity index (χ1n) is 8.26. The maximum absolute atomic E-state index is 12.5. The summed E-state index contributed by atoms with van der Waals surface area (Å²) in [4.78, 5) is 25.5. The molecule has 2 saturated carbocycles. The van der Waals surface area contributed by atoms with Crippen molar-refractivity contribution in [3.05, 3.63) is 34.5 Å². The van der Waals surface area contributed by atoms with E-state index in [0.29, 0.717) is 46.9 Å². The van der Waals surface area contributed by atoms with Gasteiger partial charge in [-0.15, -0.1) is 11.3 Å². The summed E-state index contributed by atoms with van der Waals surface area (Å²) in [5.74, 6) is 1.52. The molecule has 128 valence electrons. The Morgan fingerprint density at radius 1 is 1.08 bits per heavy atom. The Kier molecular flexibility index (Phi) is 3.09. The van der Waals surface area contributed by atoms with Crippen molar-refractivity contribution in [3.8, 4) is 11.5 Å². The Hall–Kier alpha value is -2.54. The van der Waals surface area contributed by atoms with Gasteiger partial charge in [0.05, 0.1) is 21.7 Å². The van der Waals surface area contributed by atoms with Crippen LogP contribution in [0, 0.1) is 11.3 Å². The molecule has 0 unspecified atom stereocenters. The van der Waals surface area contributed by atoms with Crippen molar-refractivity contribution in [2.45, 2.75) is 12.8 Å². The molecule has 2 heterocycles. The second kappa shape index (κ2) is 5.23. The first-order valence-corrected chi connectivity index (χ1v) is 9.14. The highest BCUT2D eigenvalue weighted by Crippen LogP contribution is 2.75. The number of hydrogen-bond acceptors (Lipinski definition) is 5. The molecular weight excluding hydrogens is 340 g/mol. The molecule has 25 heavy (non-hydrogen) atoms. The zero-order chi connectivity index (χ0) is 17.0. The van der Waals surface area contributed by atoms with Gasteiger partial charge in [-0.2, -0.15) is 0 Å². The van der Waals surface area contributed by atoms with Gasteiger partial charge in [0, 0.05) is 12.1 Å². The highest BCUT2D eigenvalue weighted by Gasteiger charge is 2.74. The van der Waals surface area contributed by atoms with Crippen molar-refractivity contribution in [3.63, 3.8) is 0 Å². The molecule has 2 N–H and O–H groups in total. The van der Waals surface area contributed by atoms with Gasteiger partial charge in [0.2, 0.25) is 5.91 Å². The molecular formula is C18H16N2O4S. The smallest absolute Gasteiger partial charge is 0.265 e. The van der Waals surface area contributed by atoms with Crippen LogP contribution < -0.4 is 20.1 Å². The third-order valence-corrected chi connectivity index (χ3v) is 5.93. The molecule has 3 aliphatic rings. The highest BCUT2D eigenvalue weighted by atomic mass is 32.1. The molecule has 0 radical (unpaired) electrons. The number of nitrogens with one attached hydrogen (secondary N) is 2. The molecule has 2 aromatic rings. The van der Waals surface area contributed by atoms with Gasteiger partial charge in [-0.1, -0.05) is 6.07 Å². The number of carbonyl (C=O) groups is 2. The average Bonchev–Trinajstić information content (AvgIpc) is 3.40. The molecule has 2 amide bonds. The van der Waals surface area contributed by atoms with Crippen LogP contribution in [-0.4, -0.2) is 25.0 Å². The lowest BCUT2D eigenvalue weighted by Gasteiger charge is -2.22. The standard InChI is InChI=1S/C18H16N2O4S/c21-16(15-2-1-5-25-15)19-11-6-13-14(24-4-3-23-13)7-12(11)20-17(22)18-8-10(18)9-18/h1-2,5-7,10H,3-4,8-9H2,(H,19,21)(H,20,22). The predicted octanol–water partition coefficient (Wildman–Crippen LogP) is 3.12. The van der Waals surface area contributed by atoms with Gasteiger partial charge in [-0.25, -0.2) is 0 Å². The molecule has 0 bridgehead atoms. The highest BCUT2D eigenvalue weighted by molar-refractivity contribution is 7.12. The van der Waals surface area contributed by atoms with E-state index < -0.39 is 0 Å². The molecule has 6 nitrogen and oxygen atoms in total. The van der Waals surface area contributed by atoms with Crippen molar-refractivity contribution in [1.82, 2.24) is 0 Å². The molecule has 1 aliphatic heterocycles. The molecule has 1 aromatic heterocycles. The van der Waals surface area contributed by atoms with E-state index in [-0.39, 0.29) is 17.2 Å². The van der Waals surface area contributed by atoms with E-state index in [1.807, 2.05) is 11.4 Å². The minimum Gasteiger partial charge on any atom is -0.486 e. The molecule has 1 aromatic carbocycles. The second-order valence-corrected chi connectivity index (χ2v) is 7.64. The SMILES string of the molecule is O=C(Nc1cc2c(cc1NC(=O)C13CC1C3)OCCO2)c1cccs1. The topological polar surface area (TPSA) is 76.7 Å². The van der Waals surface area contributed by atoms with Crippen molar-refractivity contribution in [1.29, 1.82) is 0 Å². The minimum absolute atomic E-state index is 0.0285. The van der Waals surface area contributed by atoms with Crippen LogP contribution >= 0.6 is 11.3 Å². The second-order valence-electron chi connectivity index (χ2n) is 6.69. The fourth-order valence-corrected chi connectivity index (χ4v) is 3.83. The van der Waals surface area contributed by atoms with Crippen molar-refractivity contribution in [2.75, 3.05) is 23.8 Å². The maximum Gasteiger partial charge on any atom is 0.265 e. The third-order valence-electron chi connectivity index (χ3n) is 5.06. The minimum atomic E-state index is -0.212. The number of anilines is 2. The van der Waals surface area contributed by atoms with Crippen LogP contribution in [0.3, 0.4) is 0 Å². The summed E-state index contributed by atoms with van der Waals surface area (Å²) in [5.41, 5.74) is 0.916. The summed E-state index contributed by atoms with van der Waals surface area (Å²) in [5, 5.41) is 7.69. The largest absolute Gasteiger partial charge is 0.486 e. The summed E-state index contributed by atoms with van der Waals surface area (Å²) < 4.78 is 11.2. The first-order chi connectivity index (χ1) is 12.2. The Balaban J connectivity index is 1.46. The van der Waals surface area contributed by atoms with Gasteiger partial charge in [-0.3, -0.25) is 9.59 Å². The van der Waals surface area contributed by atoms with Crippen LogP contribution in [0.15, 0.2) is 29.6 Å². The van der Waals surface area contributed by atoms with Gasteiger partial charge >= 0.3 is 0 Å². The summed E-state index contributed by atoms with van der Waals surface area (Å²) in [6.07, 6.45) is 1.94. The molecule has 7 heteroatoms. The van der Waals surface area contributed by atoms with E-state index in [9.17, 15) is 9.59 Å². The Morgan fingerprint density at radius 3 is 2.28 bits per heavy atom. The number of benzene rings is 1. The predicted molar refractivity (Wildman–Crippen MR) is 93.5 cm³/mol. The van der Waals surface area contributed by atoms with E-state index >= 15 is 0 Å². The molecule has 0 atom stereocenters. The van der Waals surface area contributed by atoms with E-state index in [0.717, 1.165) is 12.8 Å². The van der Waals surface area contributed by atoms with Gasteiger partial charge in [-0.05, 0) is 30.2 Å². The third kappa shape index (κ3) is 2.46. The molecule has 0 spiro atoms. The number of rotatable bonds is 4. The number of fused-ring (bicyclic) bond motifs is 2. The normalized spacial score (nSPS) is 24.9. The van der Waals surface area contributed by atoms with E-state index in [1.54, 1.807) is 18.2 Å². The number of ether oxygens (including phenoxy) is 2. The van der Waals surface area contributed by atoms with Crippen LogP contribution in [0.5, 0.6) is 11.5 Å². The fourth-order valence-electron chi connectivity index (χ4n) is 3.21. The fraction of sp³-hybridized carbons (Fsp3) is 0.333. The van der Waals surface area contributed by atoms with Gasteiger partial charge < -0.3 is 20.1 Å². The zero-order valence-electron chi connectivity index (χ0n) is 13.3. The Labute approximate surface area is 148 Å². The summed E-state index contributed by atoms with van der Waals surface area (Å²) in [7, 11) is 0. The van der Waals surface area contributed by atoms with Crippen molar-refractivity contribution >= 4 is 34.5 Å². The summed E-state index contributed by atoms with van der Waals surface area (Å²) in [6, 6.07) is 7.02. The molecule has 0 saturated heterocycles. The van der Waals surface area contributed by atoms with Crippen LogP contribution in [0.2, 0.25) is 0 Å². The Morgan fingerprint density at radius 2 is 1.72 bits per heavy atom.